The van der Waals surface area contributed by atoms with Crippen molar-refractivity contribution in [2.24, 2.45) is 0 Å². The van der Waals surface area contributed by atoms with Gasteiger partial charge in [-0.3, -0.25) is 0 Å². The third kappa shape index (κ3) is 3.46. The van der Waals surface area contributed by atoms with Crippen LogP contribution in [0, 0.1) is 0 Å². The van der Waals surface area contributed by atoms with E-state index >= 15 is 0 Å². The third-order valence-corrected chi connectivity index (χ3v) is 1.90. The molecule has 0 bridgehead atoms. The Hall–Kier alpha value is -0.890. The molecular formula is C12H16OS. The van der Waals surface area contributed by atoms with E-state index in [9.17, 15) is 0 Å². The molecule has 0 spiro atoms. The zero-order valence-corrected chi connectivity index (χ0v) is 9.50. The van der Waals surface area contributed by atoms with E-state index in [1.165, 1.54) is 0 Å². The van der Waals surface area contributed by atoms with Crippen LogP contribution in [0.3, 0.4) is 0 Å². The maximum atomic E-state index is 5.67. The second kappa shape index (κ2) is 5.76. The van der Waals surface area contributed by atoms with Gasteiger partial charge in [0.2, 0.25) is 0 Å². The molecule has 1 aromatic rings. The van der Waals surface area contributed by atoms with E-state index < -0.39 is 0 Å². The molecule has 0 heterocycles. The van der Waals surface area contributed by atoms with Crippen LogP contribution < -0.4 is 4.74 Å². The Morgan fingerprint density at radius 3 is 2.71 bits per heavy atom. The van der Waals surface area contributed by atoms with E-state index in [0.29, 0.717) is 0 Å². The number of thiol groups is 1. The van der Waals surface area contributed by atoms with E-state index in [0.717, 1.165) is 17.1 Å². The summed E-state index contributed by atoms with van der Waals surface area (Å²) in [5.41, 5.74) is 1.11. The van der Waals surface area contributed by atoms with Crippen LogP contribution in [-0.4, -0.2) is 11.9 Å². The molecule has 14 heavy (non-hydrogen) atoms. The van der Waals surface area contributed by atoms with Gasteiger partial charge >= 0.3 is 0 Å². The second-order valence-electron chi connectivity index (χ2n) is 3.29. The number of benzene rings is 1. The fourth-order valence-corrected chi connectivity index (χ4v) is 1.26. The van der Waals surface area contributed by atoms with E-state index in [1.54, 1.807) is 0 Å². The lowest BCUT2D eigenvalue weighted by Crippen LogP contribution is -2.06. The van der Waals surface area contributed by atoms with Gasteiger partial charge < -0.3 is 4.74 Å². The van der Waals surface area contributed by atoms with Crippen LogP contribution in [0.1, 0.15) is 19.4 Å². The van der Waals surface area contributed by atoms with Gasteiger partial charge in [-0.15, -0.1) is 0 Å². The second-order valence-corrected chi connectivity index (χ2v) is 3.65. The summed E-state index contributed by atoms with van der Waals surface area (Å²) in [5.74, 6) is 1.68. The topological polar surface area (TPSA) is 9.23 Å². The first-order chi connectivity index (χ1) is 6.74. The highest BCUT2D eigenvalue weighted by Crippen LogP contribution is 2.20. The number of ether oxygens (including phenoxy) is 1. The molecule has 1 nitrogen and oxygen atoms in total. The Kier molecular flexibility index (Phi) is 4.60. The highest BCUT2D eigenvalue weighted by molar-refractivity contribution is 7.80. The molecule has 0 atom stereocenters. The Morgan fingerprint density at radius 1 is 1.36 bits per heavy atom. The molecule has 0 aliphatic rings. The van der Waals surface area contributed by atoms with Gasteiger partial charge in [0.1, 0.15) is 5.75 Å². The van der Waals surface area contributed by atoms with Crippen LogP contribution >= 0.6 is 12.6 Å². The largest absolute Gasteiger partial charge is 0.490 e. The van der Waals surface area contributed by atoms with Crippen LogP contribution in [0.4, 0.5) is 0 Å². The summed E-state index contributed by atoms with van der Waals surface area (Å²) in [6.45, 7) is 4.05. The van der Waals surface area contributed by atoms with Gasteiger partial charge in [0.25, 0.3) is 0 Å². The van der Waals surface area contributed by atoms with Crippen molar-refractivity contribution in [3.05, 3.63) is 35.9 Å². The summed E-state index contributed by atoms with van der Waals surface area (Å²) in [7, 11) is 0. The van der Waals surface area contributed by atoms with Gasteiger partial charge in [-0.2, -0.15) is 12.6 Å². The van der Waals surface area contributed by atoms with Crippen molar-refractivity contribution in [2.45, 2.75) is 20.0 Å². The molecule has 76 valence electrons. The quantitative estimate of drug-likeness (QED) is 0.746. The first-order valence-electron chi connectivity index (χ1n) is 4.77. The molecule has 0 amide bonds. The van der Waals surface area contributed by atoms with Crippen LogP contribution in [0.5, 0.6) is 5.75 Å². The van der Waals surface area contributed by atoms with Gasteiger partial charge in [-0.05, 0) is 19.9 Å². The maximum absolute atomic E-state index is 5.67. The summed E-state index contributed by atoms with van der Waals surface area (Å²) in [6, 6.07) is 8.01. The van der Waals surface area contributed by atoms with Crippen molar-refractivity contribution >= 4 is 18.7 Å². The van der Waals surface area contributed by atoms with Gasteiger partial charge in [0.15, 0.2) is 0 Å². The molecule has 2 heteroatoms. The number of hydrogen-bond donors (Lipinski definition) is 1. The zero-order chi connectivity index (χ0) is 10.4. The standard InChI is InChI=1S/C12H16OS/c1-10(2)13-12-8-4-3-6-11(12)7-5-9-14/h3-8,10,14H,9H2,1-2H3. The Labute approximate surface area is 91.2 Å². The minimum atomic E-state index is 0.209. The van der Waals surface area contributed by atoms with Crippen molar-refractivity contribution in [3.63, 3.8) is 0 Å². The molecule has 1 rings (SSSR count). The number of rotatable bonds is 4. The summed E-state index contributed by atoms with van der Waals surface area (Å²) < 4.78 is 5.67. The van der Waals surface area contributed by atoms with Crippen molar-refractivity contribution in [2.75, 3.05) is 5.75 Å². The number of hydrogen-bond acceptors (Lipinski definition) is 2. The summed E-state index contributed by atoms with van der Waals surface area (Å²) in [6.07, 6.45) is 4.25. The molecule has 0 radical (unpaired) electrons. The lowest BCUT2D eigenvalue weighted by Gasteiger charge is -2.11. The zero-order valence-electron chi connectivity index (χ0n) is 8.60. The van der Waals surface area contributed by atoms with Crippen LogP contribution in [0.15, 0.2) is 30.3 Å². The Bertz CT molecular complexity index is 305. The minimum absolute atomic E-state index is 0.209. The molecular weight excluding hydrogens is 192 g/mol. The monoisotopic (exact) mass is 208 g/mol. The molecule has 0 N–H and O–H groups in total. The Morgan fingerprint density at radius 2 is 2.07 bits per heavy atom. The van der Waals surface area contributed by atoms with Gasteiger partial charge in [0, 0.05) is 11.3 Å². The van der Waals surface area contributed by atoms with Gasteiger partial charge in [0.05, 0.1) is 6.10 Å². The highest BCUT2D eigenvalue weighted by atomic mass is 32.1. The maximum Gasteiger partial charge on any atom is 0.126 e. The molecule has 0 saturated carbocycles. The first kappa shape index (κ1) is 11.2. The third-order valence-electron chi connectivity index (χ3n) is 1.68. The molecule has 0 aromatic heterocycles. The first-order valence-corrected chi connectivity index (χ1v) is 5.40. The van der Waals surface area contributed by atoms with Crippen molar-refractivity contribution < 1.29 is 4.74 Å². The summed E-state index contributed by atoms with van der Waals surface area (Å²) >= 11 is 4.13. The van der Waals surface area contributed by atoms with E-state index in [2.05, 4.69) is 12.6 Å². The molecule has 0 aliphatic heterocycles. The van der Waals surface area contributed by atoms with Crippen molar-refractivity contribution in [1.82, 2.24) is 0 Å². The van der Waals surface area contributed by atoms with E-state index in [-0.39, 0.29) is 6.10 Å². The molecule has 0 unspecified atom stereocenters. The lowest BCUT2D eigenvalue weighted by atomic mass is 10.2. The smallest absolute Gasteiger partial charge is 0.126 e. The highest BCUT2D eigenvalue weighted by Gasteiger charge is 2.00. The average Bonchev–Trinajstić information content (AvgIpc) is 2.16. The van der Waals surface area contributed by atoms with Gasteiger partial charge in [-0.1, -0.05) is 30.4 Å². The van der Waals surface area contributed by atoms with Crippen LogP contribution in [0.2, 0.25) is 0 Å². The van der Waals surface area contributed by atoms with E-state index in [1.807, 2.05) is 50.3 Å². The molecule has 0 aliphatic carbocycles. The van der Waals surface area contributed by atoms with Crippen molar-refractivity contribution in [3.8, 4) is 5.75 Å². The SMILES string of the molecule is CC(C)Oc1ccccc1C=CCS. The lowest BCUT2D eigenvalue weighted by molar-refractivity contribution is 0.242. The van der Waals surface area contributed by atoms with E-state index in [4.69, 9.17) is 4.74 Å². The Balaban J connectivity index is 2.85. The predicted octanol–water partition coefficient (Wildman–Crippen LogP) is 3.42. The number of para-hydroxylation sites is 1. The normalized spacial score (nSPS) is 11.1. The summed E-state index contributed by atoms with van der Waals surface area (Å²) in [5, 5.41) is 0. The fourth-order valence-electron chi connectivity index (χ4n) is 1.16. The van der Waals surface area contributed by atoms with Crippen molar-refractivity contribution in [1.29, 1.82) is 0 Å². The van der Waals surface area contributed by atoms with Crippen LogP contribution in [-0.2, 0) is 0 Å². The average molecular weight is 208 g/mol. The molecule has 0 fully saturated rings. The predicted molar refractivity (Wildman–Crippen MR) is 65.1 cm³/mol. The van der Waals surface area contributed by atoms with Gasteiger partial charge in [-0.25, -0.2) is 0 Å². The minimum Gasteiger partial charge on any atom is -0.490 e. The molecule has 0 saturated heterocycles. The molecule has 1 aromatic carbocycles. The fraction of sp³-hybridized carbons (Fsp3) is 0.333. The van der Waals surface area contributed by atoms with Crippen LogP contribution in [0.25, 0.3) is 6.08 Å². The summed E-state index contributed by atoms with van der Waals surface area (Å²) in [4.78, 5) is 0.